The Morgan fingerprint density at radius 1 is 1.21 bits per heavy atom. The molecule has 0 aromatic heterocycles. The van der Waals surface area contributed by atoms with Crippen LogP contribution < -0.4 is 0 Å². The number of carbonyl (C=O) groups is 1. The highest BCUT2D eigenvalue weighted by Crippen LogP contribution is 2.50. The van der Waals surface area contributed by atoms with E-state index in [4.69, 9.17) is 0 Å². The number of Topliss-reactive ketones (excluding diaryl/α,β-unsaturated/α-hetero) is 1. The minimum absolute atomic E-state index is 0.227. The van der Waals surface area contributed by atoms with Crippen LogP contribution in [0.5, 0.6) is 0 Å². The standard InChI is InChI=1S/C17H25NO/c1-5-17(6-2,18(3)4)16(19)15-12-14(15)13-10-8-7-9-11-13/h7-11,14-15H,5-6,12H2,1-4H3. The van der Waals surface area contributed by atoms with Crippen molar-refractivity contribution in [1.29, 1.82) is 0 Å². The zero-order chi connectivity index (χ0) is 14.0. The molecule has 0 bridgehead atoms. The summed E-state index contributed by atoms with van der Waals surface area (Å²) in [6, 6.07) is 10.5. The minimum atomic E-state index is -0.270. The summed E-state index contributed by atoms with van der Waals surface area (Å²) in [7, 11) is 4.07. The average Bonchev–Trinajstić information content (AvgIpc) is 3.21. The zero-order valence-electron chi connectivity index (χ0n) is 12.5. The summed E-state index contributed by atoms with van der Waals surface area (Å²) in [5.41, 5.74) is 1.05. The molecular formula is C17H25NO. The molecule has 0 saturated heterocycles. The number of rotatable bonds is 6. The third-order valence-electron chi connectivity index (χ3n) is 4.84. The van der Waals surface area contributed by atoms with E-state index in [0.717, 1.165) is 19.3 Å². The molecule has 2 rings (SSSR count). The van der Waals surface area contributed by atoms with Gasteiger partial charge in [0, 0.05) is 5.92 Å². The minimum Gasteiger partial charge on any atom is -0.297 e. The first-order valence-electron chi connectivity index (χ1n) is 7.33. The molecule has 1 fully saturated rings. The van der Waals surface area contributed by atoms with Crippen molar-refractivity contribution >= 4 is 5.78 Å². The van der Waals surface area contributed by atoms with E-state index in [0.29, 0.717) is 11.7 Å². The Balaban J connectivity index is 2.14. The van der Waals surface area contributed by atoms with Gasteiger partial charge < -0.3 is 0 Å². The maximum Gasteiger partial charge on any atom is 0.156 e. The Labute approximate surface area is 116 Å². The molecule has 0 aliphatic heterocycles. The van der Waals surface area contributed by atoms with Gasteiger partial charge in [-0.25, -0.2) is 0 Å². The number of nitrogens with zero attached hydrogens (tertiary/aromatic N) is 1. The van der Waals surface area contributed by atoms with Gasteiger partial charge in [-0.1, -0.05) is 44.2 Å². The SMILES string of the molecule is CCC(CC)(C(=O)C1CC1c1ccccc1)N(C)C. The number of hydrogen-bond acceptors (Lipinski definition) is 2. The third kappa shape index (κ3) is 2.46. The second-order valence-electron chi connectivity index (χ2n) is 5.86. The van der Waals surface area contributed by atoms with Crippen LogP contribution in [0.4, 0.5) is 0 Å². The molecule has 1 aliphatic rings. The van der Waals surface area contributed by atoms with Gasteiger partial charge in [-0.3, -0.25) is 9.69 Å². The monoisotopic (exact) mass is 259 g/mol. The smallest absolute Gasteiger partial charge is 0.156 e. The van der Waals surface area contributed by atoms with Crippen molar-refractivity contribution in [1.82, 2.24) is 4.90 Å². The van der Waals surface area contributed by atoms with Gasteiger partial charge in [0.2, 0.25) is 0 Å². The topological polar surface area (TPSA) is 20.3 Å². The van der Waals surface area contributed by atoms with Crippen LogP contribution in [-0.2, 0) is 4.79 Å². The predicted octanol–water partition coefficient (Wildman–Crippen LogP) is 3.48. The third-order valence-corrected chi connectivity index (χ3v) is 4.84. The normalized spacial score (nSPS) is 22.6. The van der Waals surface area contributed by atoms with Crippen LogP contribution in [0.2, 0.25) is 0 Å². The Bertz CT molecular complexity index is 434. The van der Waals surface area contributed by atoms with Gasteiger partial charge in [0.05, 0.1) is 5.54 Å². The summed E-state index contributed by atoms with van der Waals surface area (Å²) in [6.07, 6.45) is 2.82. The van der Waals surface area contributed by atoms with Gasteiger partial charge in [-0.15, -0.1) is 0 Å². The molecule has 2 unspecified atom stereocenters. The number of carbonyl (C=O) groups excluding carboxylic acids is 1. The van der Waals surface area contributed by atoms with Gasteiger partial charge in [-0.2, -0.15) is 0 Å². The summed E-state index contributed by atoms with van der Waals surface area (Å²) in [6.45, 7) is 4.25. The number of benzene rings is 1. The maximum absolute atomic E-state index is 12.9. The molecule has 0 radical (unpaired) electrons. The highest BCUT2D eigenvalue weighted by molar-refractivity contribution is 5.93. The van der Waals surface area contributed by atoms with Crippen LogP contribution in [0.15, 0.2) is 30.3 Å². The van der Waals surface area contributed by atoms with E-state index in [1.807, 2.05) is 20.2 Å². The lowest BCUT2D eigenvalue weighted by Gasteiger charge is -2.37. The van der Waals surface area contributed by atoms with Crippen molar-refractivity contribution in [3.8, 4) is 0 Å². The van der Waals surface area contributed by atoms with E-state index in [-0.39, 0.29) is 11.5 Å². The van der Waals surface area contributed by atoms with Gasteiger partial charge in [-0.05, 0) is 44.8 Å². The molecule has 19 heavy (non-hydrogen) atoms. The first kappa shape index (κ1) is 14.3. The van der Waals surface area contributed by atoms with E-state index in [1.165, 1.54) is 5.56 Å². The van der Waals surface area contributed by atoms with Crippen molar-refractivity contribution in [2.45, 2.75) is 44.6 Å². The quantitative estimate of drug-likeness (QED) is 0.779. The summed E-state index contributed by atoms with van der Waals surface area (Å²) >= 11 is 0. The Morgan fingerprint density at radius 3 is 2.26 bits per heavy atom. The maximum atomic E-state index is 12.9. The predicted molar refractivity (Wildman–Crippen MR) is 79.3 cm³/mol. The van der Waals surface area contributed by atoms with Crippen molar-refractivity contribution in [2.24, 2.45) is 5.92 Å². The Kier molecular flexibility index (Phi) is 4.10. The summed E-state index contributed by atoms with van der Waals surface area (Å²) in [5, 5.41) is 0. The molecule has 1 saturated carbocycles. The van der Waals surface area contributed by atoms with Crippen molar-refractivity contribution < 1.29 is 4.79 Å². The van der Waals surface area contributed by atoms with Gasteiger partial charge in [0.1, 0.15) is 0 Å². The molecule has 0 amide bonds. The molecule has 1 aliphatic carbocycles. The van der Waals surface area contributed by atoms with E-state index < -0.39 is 0 Å². The van der Waals surface area contributed by atoms with Crippen molar-refractivity contribution in [3.63, 3.8) is 0 Å². The fraction of sp³-hybridized carbons (Fsp3) is 0.588. The highest BCUT2D eigenvalue weighted by Gasteiger charge is 2.51. The summed E-state index contributed by atoms with van der Waals surface area (Å²) < 4.78 is 0. The van der Waals surface area contributed by atoms with Crippen molar-refractivity contribution in [2.75, 3.05) is 14.1 Å². The molecule has 104 valence electrons. The number of likely N-dealkylation sites (N-methyl/N-ethyl adjacent to an activating group) is 1. The summed E-state index contributed by atoms with van der Waals surface area (Å²) in [5.74, 6) is 1.12. The Morgan fingerprint density at radius 2 is 1.79 bits per heavy atom. The fourth-order valence-corrected chi connectivity index (χ4v) is 3.35. The molecule has 1 aromatic carbocycles. The lowest BCUT2D eigenvalue weighted by molar-refractivity contribution is -0.131. The van der Waals surface area contributed by atoms with Crippen LogP contribution >= 0.6 is 0 Å². The van der Waals surface area contributed by atoms with E-state index >= 15 is 0 Å². The molecule has 0 heterocycles. The van der Waals surface area contributed by atoms with Gasteiger partial charge >= 0.3 is 0 Å². The van der Waals surface area contributed by atoms with E-state index in [2.05, 4.69) is 43.0 Å². The first-order chi connectivity index (χ1) is 9.06. The van der Waals surface area contributed by atoms with Crippen LogP contribution in [-0.4, -0.2) is 30.3 Å². The molecule has 0 N–H and O–H groups in total. The molecular weight excluding hydrogens is 234 g/mol. The van der Waals surface area contributed by atoms with Gasteiger partial charge in [0.25, 0.3) is 0 Å². The first-order valence-corrected chi connectivity index (χ1v) is 7.33. The summed E-state index contributed by atoms with van der Waals surface area (Å²) in [4.78, 5) is 15.0. The van der Waals surface area contributed by atoms with E-state index in [9.17, 15) is 4.79 Å². The van der Waals surface area contributed by atoms with Crippen molar-refractivity contribution in [3.05, 3.63) is 35.9 Å². The Hall–Kier alpha value is -1.15. The fourth-order valence-electron chi connectivity index (χ4n) is 3.35. The second-order valence-corrected chi connectivity index (χ2v) is 5.86. The molecule has 0 spiro atoms. The molecule has 2 heteroatoms. The molecule has 2 atom stereocenters. The van der Waals surface area contributed by atoms with E-state index in [1.54, 1.807) is 0 Å². The molecule has 1 aromatic rings. The lowest BCUT2D eigenvalue weighted by atomic mass is 9.83. The average molecular weight is 259 g/mol. The second kappa shape index (κ2) is 5.46. The van der Waals surface area contributed by atoms with Crippen LogP contribution in [0.3, 0.4) is 0 Å². The molecule has 2 nitrogen and oxygen atoms in total. The largest absolute Gasteiger partial charge is 0.297 e. The highest BCUT2D eigenvalue weighted by atomic mass is 16.1. The zero-order valence-corrected chi connectivity index (χ0v) is 12.5. The van der Waals surface area contributed by atoms with Crippen LogP contribution in [0.25, 0.3) is 0 Å². The lowest BCUT2D eigenvalue weighted by Crippen LogP contribution is -2.51. The van der Waals surface area contributed by atoms with Crippen LogP contribution in [0, 0.1) is 5.92 Å². The number of ketones is 1. The van der Waals surface area contributed by atoms with Gasteiger partial charge in [0.15, 0.2) is 5.78 Å². The van der Waals surface area contributed by atoms with Crippen LogP contribution in [0.1, 0.15) is 44.6 Å². The number of hydrogen-bond donors (Lipinski definition) is 0.